The van der Waals surface area contributed by atoms with Crippen LogP contribution in [-0.2, 0) is 0 Å². The number of nitrogens with zero attached hydrogens (tertiary/aromatic N) is 3. The van der Waals surface area contributed by atoms with Crippen molar-refractivity contribution in [1.29, 1.82) is 0 Å². The number of benzene rings is 1. The summed E-state index contributed by atoms with van der Waals surface area (Å²) >= 11 is 5.99. The molecular formula is C12H9ClN6O. The van der Waals surface area contributed by atoms with E-state index in [2.05, 4.69) is 30.5 Å². The van der Waals surface area contributed by atoms with Gasteiger partial charge in [-0.3, -0.25) is 4.79 Å². The molecule has 0 bridgehead atoms. The Labute approximate surface area is 117 Å². The van der Waals surface area contributed by atoms with Crippen molar-refractivity contribution in [3.05, 3.63) is 51.5 Å². The van der Waals surface area contributed by atoms with Crippen molar-refractivity contribution in [2.75, 3.05) is 5.43 Å². The zero-order valence-electron chi connectivity index (χ0n) is 10.1. The van der Waals surface area contributed by atoms with E-state index < -0.39 is 0 Å². The van der Waals surface area contributed by atoms with Gasteiger partial charge in [0.05, 0.1) is 12.5 Å². The maximum Gasteiger partial charge on any atom is 0.276 e. The van der Waals surface area contributed by atoms with E-state index >= 15 is 0 Å². The van der Waals surface area contributed by atoms with E-state index in [1.54, 1.807) is 12.3 Å². The molecule has 0 aliphatic rings. The van der Waals surface area contributed by atoms with Crippen LogP contribution in [0.15, 0.2) is 40.5 Å². The predicted molar refractivity (Wildman–Crippen MR) is 77.2 cm³/mol. The fraction of sp³-hybridized carbons (Fsp3) is 0. The number of hydrogen-bond donors (Lipinski definition) is 3. The predicted octanol–water partition coefficient (Wildman–Crippen LogP) is 1.75. The van der Waals surface area contributed by atoms with Crippen molar-refractivity contribution in [3.63, 3.8) is 0 Å². The van der Waals surface area contributed by atoms with Crippen LogP contribution in [0.25, 0.3) is 11.2 Å². The molecule has 3 aromatic rings. The first-order chi connectivity index (χ1) is 9.74. The fourth-order valence-electron chi connectivity index (χ4n) is 1.64. The molecule has 0 saturated heterocycles. The van der Waals surface area contributed by atoms with Crippen molar-refractivity contribution in [1.82, 2.24) is 19.9 Å². The van der Waals surface area contributed by atoms with Crippen molar-refractivity contribution in [2.24, 2.45) is 5.10 Å². The minimum Gasteiger partial charge on any atom is -0.317 e. The number of fused-ring (bicyclic) bond motifs is 1. The lowest BCUT2D eigenvalue weighted by Crippen LogP contribution is -2.05. The fourth-order valence-corrected chi connectivity index (χ4v) is 1.82. The van der Waals surface area contributed by atoms with Crippen LogP contribution in [0, 0.1) is 0 Å². The van der Waals surface area contributed by atoms with Gasteiger partial charge in [-0.1, -0.05) is 29.8 Å². The maximum atomic E-state index is 11.5. The Kier molecular flexibility index (Phi) is 3.18. The van der Waals surface area contributed by atoms with Gasteiger partial charge in [0, 0.05) is 10.6 Å². The largest absolute Gasteiger partial charge is 0.317 e. The number of rotatable bonds is 3. The third kappa shape index (κ3) is 2.39. The molecule has 20 heavy (non-hydrogen) atoms. The summed E-state index contributed by atoms with van der Waals surface area (Å²) in [6.07, 6.45) is 2.86. The lowest BCUT2D eigenvalue weighted by Gasteiger charge is -1.96. The van der Waals surface area contributed by atoms with Crippen LogP contribution in [0.1, 0.15) is 5.56 Å². The smallest absolute Gasteiger partial charge is 0.276 e. The molecule has 3 rings (SSSR count). The lowest BCUT2D eigenvalue weighted by atomic mass is 10.2. The van der Waals surface area contributed by atoms with E-state index in [1.165, 1.54) is 6.33 Å². The molecule has 100 valence electrons. The van der Waals surface area contributed by atoms with Gasteiger partial charge < -0.3 is 9.97 Å². The minimum atomic E-state index is -0.286. The van der Waals surface area contributed by atoms with Crippen molar-refractivity contribution in [2.45, 2.75) is 0 Å². The zero-order valence-corrected chi connectivity index (χ0v) is 10.8. The Morgan fingerprint density at radius 2 is 2.20 bits per heavy atom. The molecule has 0 fully saturated rings. The molecule has 0 unspecified atom stereocenters. The van der Waals surface area contributed by atoms with E-state index in [1.807, 2.05) is 18.2 Å². The molecule has 2 heterocycles. The molecule has 1 aromatic carbocycles. The number of hydrogen-bond acceptors (Lipinski definition) is 5. The molecule has 0 spiro atoms. The van der Waals surface area contributed by atoms with Crippen LogP contribution in [0.2, 0.25) is 5.02 Å². The van der Waals surface area contributed by atoms with Gasteiger partial charge in [-0.15, -0.1) is 0 Å². The molecule has 0 saturated carbocycles. The Balaban J connectivity index is 1.82. The first kappa shape index (κ1) is 12.4. The van der Waals surface area contributed by atoms with E-state index in [-0.39, 0.29) is 5.56 Å². The first-order valence-electron chi connectivity index (χ1n) is 5.71. The van der Waals surface area contributed by atoms with Crippen LogP contribution < -0.4 is 11.0 Å². The van der Waals surface area contributed by atoms with Crippen molar-refractivity contribution in [3.8, 4) is 0 Å². The van der Waals surface area contributed by atoms with Crippen LogP contribution in [0.4, 0.5) is 5.95 Å². The van der Waals surface area contributed by atoms with Gasteiger partial charge in [0.25, 0.3) is 5.56 Å². The molecule has 2 aromatic heterocycles. The number of imidazole rings is 1. The second kappa shape index (κ2) is 5.14. The Morgan fingerprint density at radius 1 is 1.35 bits per heavy atom. The van der Waals surface area contributed by atoms with E-state index in [4.69, 9.17) is 11.6 Å². The average molecular weight is 289 g/mol. The lowest BCUT2D eigenvalue weighted by molar-refractivity contribution is 1.15. The normalized spacial score (nSPS) is 11.2. The number of anilines is 1. The van der Waals surface area contributed by atoms with E-state index in [0.717, 1.165) is 5.56 Å². The first-order valence-corrected chi connectivity index (χ1v) is 6.09. The molecular weight excluding hydrogens is 280 g/mol. The van der Waals surface area contributed by atoms with Crippen molar-refractivity contribution >= 4 is 34.9 Å². The SMILES string of the molecule is O=c1[nH]cnc2nc(N/N=C\c3ccccc3Cl)[nH]c12. The van der Waals surface area contributed by atoms with E-state index in [0.29, 0.717) is 22.1 Å². The number of halogens is 1. The number of nitrogens with one attached hydrogen (secondary N) is 3. The quantitative estimate of drug-likeness (QED) is 0.505. The second-order valence-corrected chi connectivity index (χ2v) is 4.31. The highest BCUT2D eigenvalue weighted by Crippen LogP contribution is 2.12. The van der Waals surface area contributed by atoms with Crippen LogP contribution >= 0.6 is 11.6 Å². The minimum absolute atomic E-state index is 0.286. The Hall–Kier alpha value is -2.67. The zero-order chi connectivity index (χ0) is 13.9. The van der Waals surface area contributed by atoms with Gasteiger partial charge in [0.1, 0.15) is 0 Å². The van der Waals surface area contributed by atoms with Gasteiger partial charge >= 0.3 is 0 Å². The van der Waals surface area contributed by atoms with Crippen LogP contribution in [0.3, 0.4) is 0 Å². The standard InChI is InChI=1S/C12H9ClN6O/c13-8-4-2-1-3-7(8)5-16-19-12-17-9-10(18-12)14-6-15-11(9)20/h1-6H,(H3,14,15,17,18,19,20)/b16-5-. The summed E-state index contributed by atoms with van der Waals surface area (Å²) in [7, 11) is 0. The van der Waals surface area contributed by atoms with Gasteiger partial charge in [0.15, 0.2) is 11.2 Å². The molecule has 3 N–H and O–H groups in total. The average Bonchev–Trinajstić information content (AvgIpc) is 2.85. The summed E-state index contributed by atoms with van der Waals surface area (Å²) in [5, 5.41) is 4.60. The Morgan fingerprint density at radius 3 is 3.00 bits per heavy atom. The molecule has 0 radical (unpaired) electrons. The third-order valence-electron chi connectivity index (χ3n) is 2.57. The molecule has 7 nitrogen and oxygen atoms in total. The molecule has 8 heteroatoms. The second-order valence-electron chi connectivity index (χ2n) is 3.91. The summed E-state index contributed by atoms with van der Waals surface area (Å²) in [6.45, 7) is 0. The number of H-pyrrole nitrogens is 2. The monoisotopic (exact) mass is 288 g/mol. The van der Waals surface area contributed by atoms with Gasteiger partial charge in [-0.2, -0.15) is 10.1 Å². The highest BCUT2D eigenvalue weighted by molar-refractivity contribution is 6.33. The molecule has 0 aliphatic heterocycles. The highest BCUT2D eigenvalue weighted by Gasteiger charge is 2.05. The third-order valence-corrected chi connectivity index (χ3v) is 2.92. The summed E-state index contributed by atoms with van der Waals surface area (Å²) in [6, 6.07) is 7.30. The van der Waals surface area contributed by atoms with Crippen LogP contribution in [-0.4, -0.2) is 26.2 Å². The summed E-state index contributed by atoms with van der Waals surface area (Å²) in [5.41, 5.74) is 3.79. The molecule has 0 amide bonds. The molecule has 0 aliphatic carbocycles. The van der Waals surface area contributed by atoms with Crippen LogP contribution in [0.5, 0.6) is 0 Å². The summed E-state index contributed by atoms with van der Waals surface area (Å²) in [5.74, 6) is 0.326. The summed E-state index contributed by atoms with van der Waals surface area (Å²) < 4.78 is 0. The summed E-state index contributed by atoms with van der Waals surface area (Å²) in [4.78, 5) is 24.7. The van der Waals surface area contributed by atoms with Gasteiger partial charge in [0.2, 0.25) is 5.95 Å². The molecule has 0 atom stereocenters. The van der Waals surface area contributed by atoms with Gasteiger partial charge in [-0.05, 0) is 6.07 Å². The topological polar surface area (TPSA) is 98.8 Å². The van der Waals surface area contributed by atoms with Gasteiger partial charge in [-0.25, -0.2) is 10.4 Å². The number of hydrazone groups is 1. The Bertz CT molecular complexity index is 837. The number of aromatic nitrogens is 4. The van der Waals surface area contributed by atoms with Crippen molar-refractivity contribution < 1.29 is 0 Å². The maximum absolute atomic E-state index is 11.5. The highest BCUT2D eigenvalue weighted by atomic mass is 35.5. The van der Waals surface area contributed by atoms with E-state index in [9.17, 15) is 4.79 Å². The number of aromatic amines is 2.